The average Bonchev–Trinajstić information content (AvgIpc) is 3.08. The number of benzene rings is 2. The number of rotatable bonds is 4. The van der Waals surface area contributed by atoms with Gasteiger partial charge in [-0.2, -0.15) is 0 Å². The van der Waals surface area contributed by atoms with Gasteiger partial charge < -0.3 is 10.6 Å². The first kappa shape index (κ1) is 17.8. The molecule has 0 unspecified atom stereocenters. The van der Waals surface area contributed by atoms with E-state index in [1.807, 2.05) is 31.2 Å². The van der Waals surface area contributed by atoms with E-state index >= 15 is 0 Å². The molecule has 0 bridgehead atoms. The summed E-state index contributed by atoms with van der Waals surface area (Å²) < 4.78 is 13.7. The zero-order chi connectivity index (χ0) is 18.7. The van der Waals surface area contributed by atoms with Crippen LogP contribution < -0.4 is 10.6 Å². The summed E-state index contributed by atoms with van der Waals surface area (Å²) in [4.78, 5) is 27.8. The van der Waals surface area contributed by atoms with Gasteiger partial charge in [0.15, 0.2) is 0 Å². The zero-order valence-corrected chi connectivity index (χ0v) is 15.0. The van der Waals surface area contributed by atoms with Crippen molar-refractivity contribution in [1.29, 1.82) is 0 Å². The van der Waals surface area contributed by atoms with Gasteiger partial charge in [-0.1, -0.05) is 29.8 Å². The Kier molecular flexibility index (Phi) is 5.09. The molecule has 0 saturated heterocycles. The van der Waals surface area contributed by atoms with E-state index in [1.165, 1.54) is 36.5 Å². The number of nitrogens with zero attached hydrogens (tertiary/aromatic N) is 1. The second-order valence-corrected chi connectivity index (χ2v) is 6.59. The normalized spacial score (nSPS) is 10.4. The summed E-state index contributed by atoms with van der Waals surface area (Å²) in [5.41, 5.74) is 2.74. The van der Waals surface area contributed by atoms with E-state index in [1.54, 1.807) is 5.38 Å². The summed E-state index contributed by atoms with van der Waals surface area (Å²) in [5.74, 6) is -1.37. The second-order valence-electron chi connectivity index (χ2n) is 5.73. The van der Waals surface area contributed by atoms with Gasteiger partial charge in [0.1, 0.15) is 16.5 Å². The van der Waals surface area contributed by atoms with E-state index in [2.05, 4.69) is 15.6 Å². The molecule has 0 aliphatic carbocycles. The lowest BCUT2D eigenvalue weighted by Gasteiger charge is -2.08. The third-order valence-corrected chi connectivity index (χ3v) is 4.46. The Morgan fingerprint density at radius 2 is 1.81 bits per heavy atom. The first-order valence-corrected chi connectivity index (χ1v) is 8.71. The minimum atomic E-state index is -0.575. The predicted molar refractivity (Wildman–Crippen MR) is 101 cm³/mol. The number of hydrogen-bond donors (Lipinski definition) is 2. The largest absolute Gasteiger partial charge is 0.324 e. The number of thiazole rings is 1. The molecule has 2 aromatic carbocycles. The van der Waals surface area contributed by atoms with Crippen LogP contribution in [0.5, 0.6) is 0 Å². The number of carbonyl (C=O) groups excluding carboxylic acids is 2. The summed E-state index contributed by atoms with van der Waals surface area (Å²) in [6, 6.07) is 11.8. The molecule has 1 aromatic heterocycles. The number of halogens is 1. The summed E-state index contributed by atoms with van der Waals surface area (Å²) in [5, 5.41) is 7.45. The number of aromatic nitrogens is 1. The van der Waals surface area contributed by atoms with Crippen LogP contribution in [0.25, 0.3) is 10.6 Å². The van der Waals surface area contributed by atoms with Crippen molar-refractivity contribution in [2.45, 2.75) is 13.8 Å². The Morgan fingerprint density at radius 1 is 1.08 bits per heavy atom. The highest BCUT2D eigenvalue weighted by Gasteiger charge is 2.13. The fourth-order valence-electron chi connectivity index (χ4n) is 2.29. The number of aryl methyl sites for hydroxylation is 1. The van der Waals surface area contributed by atoms with E-state index in [4.69, 9.17) is 0 Å². The highest BCUT2D eigenvalue weighted by atomic mass is 32.1. The number of carbonyl (C=O) groups is 2. The molecule has 2 amide bonds. The third-order valence-electron chi connectivity index (χ3n) is 3.57. The highest BCUT2D eigenvalue weighted by Crippen LogP contribution is 2.25. The molecule has 7 heteroatoms. The highest BCUT2D eigenvalue weighted by molar-refractivity contribution is 7.13. The van der Waals surface area contributed by atoms with Crippen molar-refractivity contribution in [1.82, 2.24) is 4.98 Å². The number of amides is 2. The molecule has 0 fully saturated rings. The number of hydrogen-bond acceptors (Lipinski definition) is 4. The van der Waals surface area contributed by atoms with E-state index in [0.717, 1.165) is 16.1 Å². The smallest absolute Gasteiger partial charge is 0.275 e. The molecule has 0 spiro atoms. The zero-order valence-electron chi connectivity index (χ0n) is 14.2. The molecule has 132 valence electrons. The molecule has 0 radical (unpaired) electrons. The Bertz CT molecular complexity index is 967. The van der Waals surface area contributed by atoms with Crippen LogP contribution in [0.1, 0.15) is 23.0 Å². The standard InChI is InChI=1S/C19H16FN3O2S/c1-11-3-5-13(6-4-11)19-23-17(10-26-19)18(25)22-14-7-8-15(20)16(9-14)21-12(2)24/h3-10H,1-2H3,(H,21,24)(H,22,25). The van der Waals surface area contributed by atoms with Gasteiger partial charge in [-0.25, -0.2) is 9.37 Å². The van der Waals surface area contributed by atoms with Crippen LogP contribution in [-0.4, -0.2) is 16.8 Å². The quantitative estimate of drug-likeness (QED) is 0.713. The lowest BCUT2D eigenvalue weighted by molar-refractivity contribution is -0.114. The van der Waals surface area contributed by atoms with Gasteiger partial charge in [-0.05, 0) is 25.1 Å². The maximum Gasteiger partial charge on any atom is 0.275 e. The van der Waals surface area contributed by atoms with Crippen molar-refractivity contribution in [3.8, 4) is 10.6 Å². The summed E-state index contributed by atoms with van der Waals surface area (Å²) in [6.45, 7) is 3.29. The second kappa shape index (κ2) is 7.45. The third kappa shape index (κ3) is 4.12. The molecule has 3 rings (SSSR count). The molecule has 0 aliphatic heterocycles. The van der Waals surface area contributed by atoms with Gasteiger partial charge in [-0.3, -0.25) is 9.59 Å². The van der Waals surface area contributed by atoms with Gasteiger partial charge in [0.2, 0.25) is 5.91 Å². The maximum atomic E-state index is 13.7. The van der Waals surface area contributed by atoms with Crippen LogP contribution in [0.15, 0.2) is 47.8 Å². The van der Waals surface area contributed by atoms with Crippen molar-refractivity contribution in [3.05, 3.63) is 64.9 Å². The van der Waals surface area contributed by atoms with Crippen LogP contribution in [0.4, 0.5) is 15.8 Å². The van der Waals surface area contributed by atoms with Crippen molar-refractivity contribution in [2.24, 2.45) is 0 Å². The molecule has 0 atom stereocenters. The van der Waals surface area contributed by atoms with Crippen molar-refractivity contribution >= 4 is 34.5 Å². The number of anilines is 2. The molecular formula is C19H16FN3O2S. The van der Waals surface area contributed by atoms with Crippen molar-refractivity contribution < 1.29 is 14.0 Å². The van der Waals surface area contributed by atoms with Gasteiger partial charge in [-0.15, -0.1) is 11.3 Å². The van der Waals surface area contributed by atoms with Crippen LogP contribution in [0.2, 0.25) is 0 Å². The van der Waals surface area contributed by atoms with Crippen molar-refractivity contribution in [3.63, 3.8) is 0 Å². The van der Waals surface area contributed by atoms with Gasteiger partial charge >= 0.3 is 0 Å². The molecule has 0 saturated carbocycles. The van der Waals surface area contributed by atoms with Crippen LogP contribution in [0, 0.1) is 12.7 Å². The summed E-state index contributed by atoms with van der Waals surface area (Å²) in [6.07, 6.45) is 0. The monoisotopic (exact) mass is 369 g/mol. The molecule has 2 N–H and O–H groups in total. The predicted octanol–water partition coefficient (Wildman–Crippen LogP) is 4.47. The minimum Gasteiger partial charge on any atom is -0.324 e. The van der Waals surface area contributed by atoms with Crippen LogP contribution >= 0.6 is 11.3 Å². The lowest BCUT2D eigenvalue weighted by atomic mass is 10.2. The first-order valence-electron chi connectivity index (χ1n) is 7.83. The van der Waals surface area contributed by atoms with Crippen LogP contribution in [-0.2, 0) is 4.79 Å². The van der Waals surface area contributed by atoms with E-state index in [0.29, 0.717) is 5.69 Å². The Hall–Kier alpha value is -3.06. The van der Waals surface area contributed by atoms with E-state index in [-0.39, 0.29) is 11.4 Å². The lowest BCUT2D eigenvalue weighted by Crippen LogP contribution is -2.13. The number of nitrogens with one attached hydrogen (secondary N) is 2. The van der Waals surface area contributed by atoms with Crippen LogP contribution in [0.3, 0.4) is 0 Å². The average molecular weight is 369 g/mol. The van der Waals surface area contributed by atoms with E-state index in [9.17, 15) is 14.0 Å². The summed E-state index contributed by atoms with van der Waals surface area (Å²) >= 11 is 1.37. The fourth-order valence-corrected chi connectivity index (χ4v) is 3.10. The SMILES string of the molecule is CC(=O)Nc1cc(NC(=O)c2csc(-c3ccc(C)cc3)n2)ccc1F. The molecule has 0 aliphatic rings. The van der Waals surface area contributed by atoms with Crippen molar-refractivity contribution in [2.75, 3.05) is 10.6 Å². The molecular weight excluding hydrogens is 353 g/mol. The summed E-state index contributed by atoms with van der Waals surface area (Å²) in [7, 11) is 0. The van der Waals surface area contributed by atoms with Gasteiger partial charge in [0.25, 0.3) is 5.91 Å². The minimum absolute atomic E-state index is 0.00826. The Balaban J connectivity index is 1.76. The first-order chi connectivity index (χ1) is 12.4. The molecule has 26 heavy (non-hydrogen) atoms. The fraction of sp³-hybridized carbons (Fsp3) is 0.105. The Labute approximate surface area is 153 Å². The maximum absolute atomic E-state index is 13.7. The van der Waals surface area contributed by atoms with Gasteiger partial charge in [0, 0.05) is 23.6 Å². The van der Waals surface area contributed by atoms with E-state index < -0.39 is 17.6 Å². The van der Waals surface area contributed by atoms with Gasteiger partial charge in [0.05, 0.1) is 5.69 Å². The molecule has 1 heterocycles. The molecule has 3 aromatic rings. The molecule has 5 nitrogen and oxygen atoms in total. The Morgan fingerprint density at radius 3 is 2.50 bits per heavy atom. The topological polar surface area (TPSA) is 71.1 Å².